The first-order chi connectivity index (χ1) is 3.73. The highest BCUT2D eigenvalue weighted by atomic mass is 15.0. The summed E-state index contributed by atoms with van der Waals surface area (Å²) in [7, 11) is 0. The van der Waals surface area contributed by atoms with Crippen LogP contribution < -0.4 is 11.5 Å². The van der Waals surface area contributed by atoms with Crippen molar-refractivity contribution in [1.29, 1.82) is 0 Å². The van der Waals surface area contributed by atoms with Crippen molar-refractivity contribution in [2.75, 3.05) is 0 Å². The monoisotopic (exact) mass is 112 g/mol. The van der Waals surface area contributed by atoms with Gasteiger partial charge in [0.15, 0.2) is 0 Å². The van der Waals surface area contributed by atoms with Crippen LogP contribution in [0.4, 0.5) is 0 Å². The molecule has 0 heterocycles. The topological polar surface area (TPSA) is 52.0 Å². The van der Waals surface area contributed by atoms with Gasteiger partial charge in [-0.05, 0) is 25.2 Å². The molecule has 2 aliphatic rings. The van der Waals surface area contributed by atoms with Crippen molar-refractivity contribution in [3.63, 3.8) is 0 Å². The molecule has 2 heteroatoms. The number of fused-ring (bicyclic) bond motifs is 1. The zero-order valence-corrected chi connectivity index (χ0v) is 4.93. The van der Waals surface area contributed by atoms with Crippen molar-refractivity contribution in [3.05, 3.63) is 0 Å². The Labute approximate surface area is 49.2 Å². The lowest BCUT2D eigenvalue weighted by atomic mass is 9.51. The molecule has 2 aliphatic carbocycles. The highest BCUT2D eigenvalue weighted by Crippen LogP contribution is 2.50. The maximum atomic E-state index is 5.87. The zero-order valence-electron chi connectivity index (χ0n) is 4.93. The molecule has 2 fully saturated rings. The van der Waals surface area contributed by atoms with E-state index in [-0.39, 0.29) is 5.54 Å². The fourth-order valence-corrected chi connectivity index (χ4v) is 1.87. The molecule has 0 radical (unpaired) electrons. The molecule has 0 aromatic rings. The highest BCUT2D eigenvalue weighted by molar-refractivity contribution is 5.16. The number of hydrogen-bond acceptors (Lipinski definition) is 2. The predicted molar refractivity (Wildman–Crippen MR) is 32.2 cm³/mol. The second kappa shape index (κ2) is 1.09. The van der Waals surface area contributed by atoms with Crippen LogP contribution in [0.3, 0.4) is 0 Å². The van der Waals surface area contributed by atoms with Crippen molar-refractivity contribution < 1.29 is 0 Å². The van der Waals surface area contributed by atoms with Crippen LogP contribution in [0.2, 0.25) is 0 Å². The van der Waals surface area contributed by atoms with E-state index in [2.05, 4.69) is 0 Å². The fourth-order valence-electron chi connectivity index (χ4n) is 1.87. The normalized spacial score (nSPS) is 60.8. The Bertz CT molecular complexity index is 118. The number of hydrogen-bond donors (Lipinski definition) is 2. The summed E-state index contributed by atoms with van der Waals surface area (Å²) in [5.74, 6) is 0.789. The van der Waals surface area contributed by atoms with Gasteiger partial charge < -0.3 is 11.5 Å². The fraction of sp³-hybridized carbons (Fsp3) is 1.00. The average Bonchev–Trinajstić information content (AvgIpc) is 1.79. The van der Waals surface area contributed by atoms with Crippen LogP contribution in [-0.2, 0) is 0 Å². The Morgan fingerprint density at radius 3 is 2.25 bits per heavy atom. The maximum Gasteiger partial charge on any atom is 0.0337 e. The first-order valence-corrected chi connectivity index (χ1v) is 3.28. The van der Waals surface area contributed by atoms with E-state index in [4.69, 9.17) is 11.5 Å². The quantitative estimate of drug-likeness (QED) is 0.457. The summed E-state index contributed by atoms with van der Waals surface area (Å²) >= 11 is 0. The van der Waals surface area contributed by atoms with E-state index in [1.807, 2.05) is 0 Å². The number of nitrogens with two attached hydrogens (primary N) is 2. The Balaban J connectivity index is 2.12. The minimum Gasteiger partial charge on any atom is -0.326 e. The summed E-state index contributed by atoms with van der Waals surface area (Å²) in [6.07, 6.45) is 3.67. The molecule has 0 aromatic heterocycles. The van der Waals surface area contributed by atoms with Gasteiger partial charge in [0.05, 0.1) is 0 Å². The molecule has 0 amide bonds. The summed E-state index contributed by atoms with van der Waals surface area (Å²) in [4.78, 5) is 0. The summed E-state index contributed by atoms with van der Waals surface area (Å²) in [5, 5.41) is 0. The second-order valence-corrected chi connectivity index (χ2v) is 3.19. The summed E-state index contributed by atoms with van der Waals surface area (Å²) in [6, 6.07) is 0.321. The van der Waals surface area contributed by atoms with Crippen molar-refractivity contribution >= 4 is 0 Å². The molecule has 0 bridgehead atoms. The molecule has 3 unspecified atom stereocenters. The molecule has 2 nitrogen and oxygen atoms in total. The first kappa shape index (κ1) is 4.77. The van der Waals surface area contributed by atoms with Crippen molar-refractivity contribution in [2.45, 2.75) is 30.8 Å². The van der Waals surface area contributed by atoms with Gasteiger partial charge in [-0.15, -0.1) is 0 Å². The molecule has 2 rings (SSSR count). The first-order valence-electron chi connectivity index (χ1n) is 3.28. The molecule has 8 heavy (non-hydrogen) atoms. The highest BCUT2D eigenvalue weighted by Gasteiger charge is 2.56. The SMILES string of the molecule is NC1CC2CCC12N. The van der Waals surface area contributed by atoms with Crippen molar-refractivity contribution in [1.82, 2.24) is 0 Å². The Hall–Kier alpha value is -0.0800. The third-order valence-corrected chi connectivity index (χ3v) is 2.91. The van der Waals surface area contributed by atoms with Gasteiger partial charge in [0.25, 0.3) is 0 Å². The molecule has 0 spiro atoms. The molecule has 0 aromatic carbocycles. The van der Waals surface area contributed by atoms with E-state index >= 15 is 0 Å². The van der Waals surface area contributed by atoms with Crippen LogP contribution >= 0.6 is 0 Å². The zero-order chi connectivity index (χ0) is 5.78. The third-order valence-electron chi connectivity index (χ3n) is 2.91. The summed E-state index contributed by atoms with van der Waals surface area (Å²) in [5.41, 5.74) is 11.6. The van der Waals surface area contributed by atoms with Crippen LogP contribution in [0.1, 0.15) is 19.3 Å². The van der Waals surface area contributed by atoms with Gasteiger partial charge in [0.1, 0.15) is 0 Å². The van der Waals surface area contributed by atoms with Crippen LogP contribution in [-0.4, -0.2) is 11.6 Å². The second-order valence-electron chi connectivity index (χ2n) is 3.19. The molecule has 4 N–H and O–H groups in total. The van der Waals surface area contributed by atoms with E-state index in [9.17, 15) is 0 Å². The van der Waals surface area contributed by atoms with Crippen LogP contribution in [0.25, 0.3) is 0 Å². The summed E-state index contributed by atoms with van der Waals surface area (Å²) in [6.45, 7) is 0. The molecule has 2 saturated carbocycles. The third kappa shape index (κ3) is 0.298. The van der Waals surface area contributed by atoms with Crippen LogP contribution in [0, 0.1) is 5.92 Å². The smallest absolute Gasteiger partial charge is 0.0337 e. The Kier molecular flexibility index (Phi) is 0.649. The van der Waals surface area contributed by atoms with Gasteiger partial charge in [-0.3, -0.25) is 0 Å². The molecular weight excluding hydrogens is 100 g/mol. The number of rotatable bonds is 0. The van der Waals surface area contributed by atoms with Gasteiger partial charge in [-0.1, -0.05) is 0 Å². The van der Waals surface area contributed by atoms with Gasteiger partial charge in [-0.25, -0.2) is 0 Å². The summed E-state index contributed by atoms with van der Waals surface area (Å²) < 4.78 is 0. The van der Waals surface area contributed by atoms with E-state index in [1.54, 1.807) is 0 Å². The molecule has 3 atom stereocenters. The molecule has 0 aliphatic heterocycles. The van der Waals surface area contributed by atoms with Crippen LogP contribution in [0.15, 0.2) is 0 Å². The Morgan fingerprint density at radius 1 is 1.50 bits per heavy atom. The van der Waals surface area contributed by atoms with E-state index in [0.717, 1.165) is 5.92 Å². The van der Waals surface area contributed by atoms with Gasteiger partial charge in [0, 0.05) is 11.6 Å². The lowest BCUT2D eigenvalue weighted by molar-refractivity contribution is -0.0106. The molecule has 0 saturated heterocycles. The standard InChI is InChI=1S/C6H12N2/c7-5-3-4-1-2-6(4,5)8/h4-5H,1-3,7-8H2. The Morgan fingerprint density at radius 2 is 2.25 bits per heavy atom. The van der Waals surface area contributed by atoms with E-state index < -0.39 is 0 Å². The van der Waals surface area contributed by atoms with Gasteiger partial charge >= 0.3 is 0 Å². The van der Waals surface area contributed by atoms with Crippen LogP contribution in [0.5, 0.6) is 0 Å². The predicted octanol–water partition coefficient (Wildman–Crippen LogP) is -0.175. The van der Waals surface area contributed by atoms with E-state index in [1.165, 1.54) is 19.3 Å². The van der Waals surface area contributed by atoms with Crippen molar-refractivity contribution in [2.24, 2.45) is 17.4 Å². The lowest BCUT2D eigenvalue weighted by Gasteiger charge is -2.60. The van der Waals surface area contributed by atoms with Crippen molar-refractivity contribution in [3.8, 4) is 0 Å². The van der Waals surface area contributed by atoms with Gasteiger partial charge in [0.2, 0.25) is 0 Å². The average molecular weight is 112 g/mol. The van der Waals surface area contributed by atoms with Gasteiger partial charge in [-0.2, -0.15) is 0 Å². The van der Waals surface area contributed by atoms with E-state index in [0.29, 0.717) is 6.04 Å². The molecular formula is C6H12N2. The minimum absolute atomic E-state index is 0.0972. The molecule has 46 valence electrons. The lowest BCUT2D eigenvalue weighted by Crippen LogP contribution is -2.74. The maximum absolute atomic E-state index is 5.87. The largest absolute Gasteiger partial charge is 0.326 e. The minimum atomic E-state index is 0.0972.